The van der Waals surface area contributed by atoms with Gasteiger partial charge in [0.15, 0.2) is 0 Å². The molecule has 0 bridgehead atoms. The van der Waals surface area contributed by atoms with Crippen LogP contribution in [0.3, 0.4) is 0 Å². The molecule has 0 saturated carbocycles. The van der Waals surface area contributed by atoms with Crippen molar-refractivity contribution < 1.29 is 0 Å². The van der Waals surface area contributed by atoms with Crippen LogP contribution in [-0.2, 0) is 0 Å². The summed E-state index contributed by atoms with van der Waals surface area (Å²) in [5.74, 6) is 0. The van der Waals surface area contributed by atoms with Crippen molar-refractivity contribution in [3.8, 4) is 0 Å². The third-order valence-corrected chi connectivity index (χ3v) is 6.30. The number of hydrogen-bond acceptors (Lipinski definition) is 2. The van der Waals surface area contributed by atoms with Gasteiger partial charge in [-0.3, -0.25) is 10.2 Å². The van der Waals surface area contributed by atoms with Gasteiger partial charge in [-0.2, -0.15) is 0 Å². The molecular weight excluding hydrogens is 275 g/mol. The topological polar surface area (TPSA) is 15.3 Å². The highest BCUT2D eigenvalue weighted by molar-refractivity contribution is 7.73. The zero-order chi connectivity index (χ0) is 14.3. The number of nitrogens with zero attached hydrogens (tertiary/aromatic N) is 1. The lowest BCUT2D eigenvalue weighted by Crippen LogP contribution is -2.21. The molecule has 0 aromatic heterocycles. The largest absolute Gasteiger partial charge is 0.292 e. The van der Waals surface area contributed by atoms with Crippen molar-refractivity contribution in [1.29, 1.82) is 0 Å². The maximum absolute atomic E-state index is 3.20. The standard InChI is InChI=1S/C18H21N2P/c1-3-8-17(9-4-1)21(18-10-5-2-6-11-18)15-7-13-20-14-12-19-16-20/h1-6,8-11,19H,7,12-15H2. The Morgan fingerprint density at radius 2 is 1.57 bits per heavy atom. The summed E-state index contributed by atoms with van der Waals surface area (Å²) in [4.78, 5) is 2.27. The van der Waals surface area contributed by atoms with Gasteiger partial charge in [0.1, 0.15) is 6.67 Å². The molecule has 2 aromatic rings. The SMILES string of the molecule is [C]1NCCN1CCCP(c1ccccc1)c1ccccc1. The summed E-state index contributed by atoms with van der Waals surface area (Å²) in [6, 6.07) is 21.9. The highest BCUT2D eigenvalue weighted by Gasteiger charge is 2.15. The smallest absolute Gasteiger partial charge is 0.143 e. The van der Waals surface area contributed by atoms with Crippen LogP contribution in [0.1, 0.15) is 6.42 Å². The molecule has 1 aliphatic heterocycles. The summed E-state index contributed by atoms with van der Waals surface area (Å²) in [5, 5.41) is 6.11. The molecule has 1 saturated heterocycles. The van der Waals surface area contributed by atoms with E-state index in [0.717, 1.165) is 19.6 Å². The molecule has 1 N–H and O–H groups in total. The van der Waals surface area contributed by atoms with Gasteiger partial charge in [-0.1, -0.05) is 60.7 Å². The van der Waals surface area contributed by atoms with Crippen LogP contribution in [0.5, 0.6) is 0 Å². The second kappa shape index (κ2) is 7.70. The lowest BCUT2D eigenvalue weighted by molar-refractivity contribution is 0.389. The van der Waals surface area contributed by atoms with Crippen molar-refractivity contribution in [2.24, 2.45) is 0 Å². The minimum atomic E-state index is -0.246. The Balaban J connectivity index is 1.67. The fourth-order valence-corrected chi connectivity index (χ4v) is 4.96. The molecule has 0 atom stereocenters. The van der Waals surface area contributed by atoms with Gasteiger partial charge in [-0.05, 0) is 31.1 Å². The molecule has 0 unspecified atom stereocenters. The first kappa shape index (κ1) is 14.7. The van der Waals surface area contributed by atoms with Crippen LogP contribution < -0.4 is 15.9 Å². The second-order valence-electron chi connectivity index (χ2n) is 5.20. The zero-order valence-corrected chi connectivity index (χ0v) is 13.1. The summed E-state index contributed by atoms with van der Waals surface area (Å²) < 4.78 is 0. The van der Waals surface area contributed by atoms with Gasteiger partial charge in [-0.25, -0.2) is 0 Å². The van der Waals surface area contributed by atoms with Crippen molar-refractivity contribution in [2.75, 3.05) is 25.8 Å². The summed E-state index contributed by atoms with van der Waals surface area (Å²) in [7, 11) is -0.246. The van der Waals surface area contributed by atoms with Crippen LogP contribution in [0.2, 0.25) is 0 Å². The molecule has 2 aromatic carbocycles. The molecule has 1 fully saturated rings. The van der Waals surface area contributed by atoms with E-state index < -0.39 is 0 Å². The van der Waals surface area contributed by atoms with Gasteiger partial charge >= 0.3 is 0 Å². The van der Waals surface area contributed by atoms with E-state index in [4.69, 9.17) is 0 Å². The van der Waals surface area contributed by atoms with Crippen molar-refractivity contribution in [3.05, 3.63) is 67.3 Å². The van der Waals surface area contributed by atoms with Crippen LogP contribution >= 0.6 is 7.92 Å². The highest BCUT2D eigenvalue weighted by Crippen LogP contribution is 2.34. The fourth-order valence-electron chi connectivity index (χ4n) is 2.63. The first-order chi connectivity index (χ1) is 10.4. The Morgan fingerprint density at radius 3 is 2.10 bits per heavy atom. The Labute approximate surface area is 128 Å². The number of benzene rings is 2. The van der Waals surface area contributed by atoms with E-state index in [1.165, 1.54) is 23.2 Å². The molecule has 108 valence electrons. The van der Waals surface area contributed by atoms with Crippen LogP contribution in [0, 0.1) is 6.67 Å². The third kappa shape index (κ3) is 4.14. The van der Waals surface area contributed by atoms with E-state index in [0.29, 0.717) is 0 Å². The van der Waals surface area contributed by atoms with E-state index >= 15 is 0 Å². The third-order valence-electron chi connectivity index (χ3n) is 3.69. The van der Waals surface area contributed by atoms with Gasteiger partial charge < -0.3 is 0 Å². The molecule has 0 aliphatic carbocycles. The molecule has 2 radical (unpaired) electrons. The zero-order valence-electron chi connectivity index (χ0n) is 12.2. The number of rotatable bonds is 6. The van der Waals surface area contributed by atoms with Gasteiger partial charge in [0.25, 0.3) is 0 Å². The first-order valence-electron chi connectivity index (χ1n) is 7.54. The molecule has 21 heavy (non-hydrogen) atoms. The maximum Gasteiger partial charge on any atom is 0.143 e. The van der Waals surface area contributed by atoms with E-state index in [9.17, 15) is 0 Å². The molecule has 1 aliphatic rings. The van der Waals surface area contributed by atoms with Crippen molar-refractivity contribution in [3.63, 3.8) is 0 Å². The van der Waals surface area contributed by atoms with Crippen LogP contribution in [0.25, 0.3) is 0 Å². The maximum atomic E-state index is 3.20. The average molecular weight is 296 g/mol. The summed E-state index contributed by atoms with van der Waals surface area (Å²) >= 11 is 0. The van der Waals surface area contributed by atoms with Gasteiger partial charge in [0.2, 0.25) is 0 Å². The van der Waals surface area contributed by atoms with Gasteiger partial charge in [0, 0.05) is 19.6 Å². The summed E-state index contributed by atoms with van der Waals surface area (Å²) in [6.07, 6.45) is 2.45. The van der Waals surface area contributed by atoms with Gasteiger partial charge in [-0.15, -0.1) is 0 Å². The van der Waals surface area contributed by atoms with Crippen molar-refractivity contribution in [2.45, 2.75) is 6.42 Å². The number of hydrogen-bond donors (Lipinski definition) is 1. The van der Waals surface area contributed by atoms with E-state index in [1.54, 1.807) is 0 Å². The van der Waals surface area contributed by atoms with Gasteiger partial charge in [0.05, 0.1) is 0 Å². The van der Waals surface area contributed by atoms with Crippen molar-refractivity contribution in [1.82, 2.24) is 10.2 Å². The molecule has 2 nitrogen and oxygen atoms in total. The lowest BCUT2D eigenvalue weighted by atomic mass is 10.4. The molecule has 0 amide bonds. The second-order valence-corrected chi connectivity index (χ2v) is 7.54. The van der Waals surface area contributed by atoms with Crippen molar-refractivity contribution >= 4 is 18.5 Å². The van der Waals surface area contributed by atoms with Crippen LogP contribution in [-0.4, -0.2) is 30.7 Å². The van der Waals surface area contributed by atoms with E-state index in [1.807, 2.05) is 0 Å². The Kier molecular flexibility index (Phi) is 5.40. The molecule has 3 heteroatoms. The molecule has 1 heterocycles. The summed E-state index contributed by atoms with van der Waals surface area (Å²) in [6.45, 7) is 6.43. The molecule has 0 spiro atoms. The highest BCUT2D eigenvalue weighted by atomic mass is 31.1. The van der Waals surface area contributed by atoms with Crippen LogP contribution in [0.15, 0.2) is 60.7 Å². The molecular formula is C18H21N2P. The Bertz CT molecular complexity index is 484. The number of nitrogens with one attached hydrogen (secondary N) is 1. The Morgan fingerprint density at radius 1 is 0.952 bits per heavy atom. The van der Waals surface area contributed by atoms with Crippen LogP contribution in [0.4, 0.5) is 0 Å². The van der Waals surface area contributed by atoms with E-state index in [-0.39, 0.29) is 7.92 Å². The first-order valence-corrected chi connectivity index (χ1v) is 9.07. The fraction of sp³-hybridized carbons (Fsp3) is 0.278. The minimum absolute atomic E-state index is 0.246. The summed E-state index contributed by atoms with van der Waals surface area (Å²) in [5.41, 5.74) is 0. The predicted octanol–water partition coefficient (Wildman–Crippen LogP) is 2.41. The normalized spacial score (nSPS) is 15.7. The Hall–Kier alpha value is -1.21. The monoisotopic (exact) mass is 296 g/mol. The van der Waals surface area contributed by atoms with E-state index in [2.05, 4.69) is 77.5 Å². The molecule has 3 rings (SSSR count). The quantitative estimate of drug-likeness (QED) is 0.824. The lowest BCUT2D eigenvalue weighted by Gasteiger charge is -2.20. The minimum Gasteiger partial charge on any atom is -0.292 e. The average Bonchev–Trinajstić information content (AvgIpc) is 3.07. The predicted molar refractivity (Wildman–Crippen MR) is 91.4 cm³/mol.